The fourth-order valence-electron chi connectivity index (χ4n) is 4.76. The normalized spacial score (nSPS) is 23.8. The number of amides is 3. The standard InChI is InChI=1S/C22H37N3O5/c1-22(2,3)30-21(28)24-15-29-19(26)18(24)14-23-20(27)25(16-10-6-4-7-11-16)17-12-8-5-9-13-17/h16-18H,4-15H2,1-3H3,(H,23,27)/t18-/m0/s1. The van der Waals surface area contributed by atoms with Crippen LogP contribution in [0.15, 0.2) is 0 Å². The molecule has 0 aromatic rings. The van der Waals surface area contributed by atoms with Crippen LogP contribution in [0.1, 0.15) is 85.0 Å². The molecule has 0 spiro atoms. The Kier molecular flexibility index (Phi) is 7.47. The average Bonchev–Trinajstić information content (AvgIpc) is 3.07. The van der Waals surface area contributed by atoms with Gasteiger partial charge in [0.05, 0.1) is 6.54 Å². The number of nitrogens with one attached hydrogen (secondary N) is 1. The van der Waals surface area contributed by atoms with E-state index in [1.807, 2.05) is 0 Å². The Morgan fingerprint density at radius 3 is 2.07 bits per heavy atom. The molecular weight excluding hydrogens is 386 g/mol. The van der Waals surface area contributed by atoms with Crippen LogP contribution in [-0.2, 0) is 14.3 Å². The second-order valence-corrected chi connectivity index (χ2v) is 9.74. The fourth-order valence-corrected chi connectivity index (χ4v) is 4.76. The van der Waals surface area contributed by atoms with Gasteiger partial charge in [-0.05, 0) is 46.5 Å². The zero-order valence-corrected chi connectivity index (χ0v) is 18.7. The van der Waals surface area contributed by atoms with Gasteiger partial charge in [0.15, 0.2) is 12.8 Å². The summed E-state index contributed by atoms with van der Waals surface area (Å²) in [5.74, 6) is -0.511. The minimum Gasteiger partial charge on any atom is -0.444 e. The first-order valence-electron chi connectivity index (χ1n) is 11.5. The third-order valence-corrected chi connectivity index (χ3v) is 6.24. The van der Waals surface area contributed by atoms with Crippen molar-refractivity contribution in [3.8, 4) is 0 Å². The molecule has 2 aliphatic carbocycles. The van der Waals surface area contributed by atoms with Crippen LogP contribution in [0, 0.1) is 0 Å². The minimum absolute atomic E-state index is 0.0346. The van der Waals surface area contributed by atoms with Crippen LogP contribution in [0.4, 0.5) is 9.59 Å². The third kappa shape index (κ3) is 5.79. The van der Waals surface area contributed by atoms with Gasteiger partial charge in [0.1, 0.15) is 5.60 Å². The van der Waals surface area contributed by atoms with E-state index < -0.39 is 23.7 Å². The zero-order valence-electron chi connectivity index (χ0n) is 18.7. The van der Waals surface area contributed by atoms with E-state index in [2.05, 4.69) is 10.2 Å². The molecule has 0 aromatic heterocycles. The maximum Gasteiger partial charge on any atom is 0.413 e. The summed E-state index contributed by atoms with van der Waals surface area (Å²) in [5, 5.41) is 2.93. The van der Waals surface area contributed by atoms with Crippen molar-refractivity contribution in [3.63, 3.8) is 0 Å². The Labute approximate surface area is 179 Å². The molecular formula is C22H37N3O5. The predicted octanol–water partition coefficient (Wildman–Crippen LogP) is 3.78. The van der Waals surface area contributed by atoms with Crippen molar-refractivity contribution in [1.29, 1.82) is 0 Å². The largest absolute Gasteiger partial charge is 0.444 e. The molecule has 1 saturated heterocycles. The van der Waals surface area contributed by atoms with Crippen molar-refractivity contribution < 1.29 is 23.9 Å². The summed E-state index contributed by atoms with van der Waals surface area (Å²) in [6.45, 7) is 5.20. The Balaban J connectivity index is 1.64. The molecule has 1 atom stereocenters. The molecule has 3 aliphatic rings. The first-order chi connectivity index (χ1) is 14.3. The van der Waals surface area contributed by atoms with Crippen LogP contribution < -0.4 is 5.32 Å². The van der Waals surface area contributed by atoms with Gasteiger partial charge >= 0.3 is 18.1 Å². The van der Waals surface area contributed by atoms with Crippen LogP contribution in [-0.4, -0.2) is 64.9 Å². The van der Waals surface area contributed by atoms with E-state index in [0.29, 0.717) is 0 Å². The second kappa shape index (κ2) is 9.88. The number of nitrogens with zero attached hydrogens (tertiary/aromatic N) is 2. The highest BCUT2D eigenvalue weighted by Crippen LogP contribution is 2.30. The number of hydrogen-bond donors (Lipinski definition) is 1. The molecule has 1 aliphatic heterocycles. The zero-order chi connectivity index (χ0) is 21.7. The third-order valence-electron chi connectivity index (χ3n) is 6.24. The Hall–Kier alpha value is -1.99. The van der Waals surface area contributed by atoms with Crippen molar-refractivity contribution in [2.75, 3.05) is 13.3 Å². The van der Waals surface area contributed by atoms with Gasteiger partial charge < -0.3 is 19.7 Å². The van der Waals surface area contributed by atoms with Crippen LogP contribution in [0.2, 0.25) is 0 Å². The molecule has 0 bridgehead atoms. The first-order valence-corrected chi connectivity index (χ1v) is 11.5. The van der Waals surface area contributed by atoms with E-state index in [-0.39, 0.29) is 31.4 Å². The summed E-state index contributed by atoms with van der Waals surface area (Å²) in [4.78, 5) is 41.2. The van der Waals surface area contributed by atoms with Crippen LogP contribution in [0.3, 0.4) is 0 Å². The van der Waals surface area contributed by atoms with E-state index in [0.717, 1.165) is 51.4 Å². The molecule has 2 saturated carbocycles. The minimum atomic E-state index is -0.858. The molecule has 8 nitrogen and oxygen atoms in total. The lowest BCUT2D eigenvalue weighted by Crippen LogP contribution is -2.55. The highest BCUT2D eigenvalue weighted by atomic mass is 16.6. The lowest BCUT2D eigenvalue weighted by molar-refractivity contribution is -0.139. The highest BCUT2D eigenvalue weighted by molar-refractivity contribution is 5.85. The lowest BCUT2D eigenvalue weighted by atomic mass is 9.89. The van der Waals surface area contributed by atoms with Gasteiger partial charge in [-0.15, -0.1) is 0 Å². The molecule has 30 heavy (non-hydrogen) atoms. The lowest BCUT2D eigenvalue weighted by Gasteiger charge is -2.41. The van der Waals surface area contributed by atoms with Crippen molar-refractivity contribution in [3.05, 3.63) is 0 Å². The molecule has 0 unspecified atom stereocenters. The molecule has 0 radical (unpaired) electrons. The first kappa shape index (κ1) is 22.7. The molecule has 1 N–H and O–H groups in total. The van der Waals surface area contributed by atoms with Gasteiger partial charge in [-0.25, -0.2) is 14.4 Å². The van der Waals surface area contributed by atoms with E-state index in [9.17, 15) is 14.4 Å². The Bertz CT molecular complexity index is 603. The molecule has 3 rings (SSSR count). The number of hydrogen-bond acceptors (Lipinski definition) is 5. The molecule has 3 amide bonds. The number of urea groups is 1. The number of carbonyl (C=O) groups excluding carboxylic acids is 3. The fraction of sp³-hybridized carbons (Fsp3) is 0.864. The van der Waals surface area contributed by atoms with E-state index in [1.165, 1.54) is 17.7 Å². The smallest absolute Gasteiger partial charge is 0.413 e. The van der Waals surface area contributed by atoms with Crippen molar-refractivity contribution in [2.24, 2.45) is 0 Å². The average molecular weight is 424 g/mol. The summed E-state index contributed by atoms with van der Waals surface area (Å²) in [5.41, 5.74) is -0.671. The Morgan fingerprint density at radius 1 is 1.03 bits per heavy atom. The van der Waals surface area contributed by atoms with Crippen molar-refractivity contribution >= 4 is 18.1 Å². The summed E-state index contributed by atoms with van der Waals surface area (Å²) in [6.07, 6.45) is 10.6. The van der Waals surface area contributed by atoms with E-state index >= 15 is 0 Å². The van der Waals surface area contributed by atoms with Crippen LogP contribution >= 0.6 is 0 Å². The topological polar surface area (TPSA) is 88.2 Å². The van der Waals surface area contributed by atoms with Gasteiger partial charge in [-0.1, -0.05) is 38.5 Å². The second-order valence-electron chi connectivity index (χ2n) is 9.74. The molecule has 8 heteroatoms. The predicted molar refractivity (Wildman–Crippen MR) is 112 cm³/mol. The maximum absolute atomic E-state index is 13.2. The van der Waals surface area contributed by atoms with Gasteiger partial charge in [0, 0.05) is 12.1 Å². The maximum atomic E-state index is 13.2. The van der Waals surface area contributed by atoms with Gasteiger partial charge in [0.2, 0.25) is 0 Å². The Morgan fingerprint density at radius 2 is 1.57 bits per heavy atom. The molecule has 0 aromatic carbocycles. The van der Waals surface area contributed by atoms with Gasteiger partial charge in [-0.2, -0.15) is 0 Å². The van der Waals surface area contributed by atoms with Gasteiger partial charge in [-0.3, -0.25) is 4.90 Å². The van der Waals surface area contributed by atoms with E-state index in [1.54, 1.807) is 20.8 Å². The number of rotatable bonds is 4. The number of cyclic esters (lactones) is 1. The number of ether oxygens (including phenoxy) is 2. The number of carbonyl (C=O) groups is 3. The molecule has 170 valence electrons. The summed E-state index contributed by atoms with van der Waals surface area (Å²) < 4.78 is 10.4. The van der Waals surface area contributed by atoms with Crippen molar-refractivity contribution in [1.82, 2.24) is 15.1 Å². The summed E-state index contributed by atoms with van der Waals surface area (Å²) in [7, 11) is 0. The van der Waals surface area contributed by atoms with Gasteiger partial charge in [0.25, 0.3) is 0 Å². The molecule has 3 fully saturated rings. The summed E-state index contributed by atoms with van der Waals surface area (Å²) >= 11 is 0. The monoisotopic (exact) mass is 423 g/mol. The van der Waals surface area contributed by atoms with E-state index in [4.69, 9.17) is 9.47 Å². The SMILES string of the molecule is CC(C)(C)OC(=O)N1COC(=O)[C@@H]1CNC(=O)N(C1CCCCC1)C1CCCCC1. The summed E-state index contributed by atoms with van der Waals surface area (Å²) in [6, 6.07) is -0.459. The highest BCUT2D eigenvalue weighted by Gasteiger charge is 2.41. The van der Waals surface area contributed by atoms with Crippen molar-refractivity contribution in [2.45, 2.75) is 109 Å². The van der Waals surface area contributed by atoms with Crippen LogP contribution in [0.5, 0.6) is 0 Å². The van der Waals surface area contributed by atoms with Crippen LogP contribution in [0.25, 0.3) is 0 Å². The molecule has 1 heterocycles. The number of esters is 1. The quantitative estimate of drug-likeness (QED) is 0.695.